The molecular weight excluding hydrogens is 232 g/mol. The summed E-state index contributed by atoms with van der Waals surface area (Å²) in [4.78, 5) is 0. The second-order valence-corrected chi connectivity index (χ2v) is 6.26. The van der Waals surface area contributed by atoms with E-state index < -0.39 is 28.8 Å². The van der Waals surface area contributed by atoms with Gasteiger partial charge >= 0.3 is 0 Å². The summed E-state index contributed by atoms with van der Waals surface area (Å²) in [6.45, 7) is 7.24. The molecule has 0 aromatic rings. The highest BCUT2D eigenvalue weighted by atomic mass is 16.5. The average molecular weight is 258 g/mol. The minimum Gasteiger partial charge on any atom is -0.393 e. The van der Waals surface area contributed by atoms with E-state index in [9.17, 15) is 15.3 Å². The smallest absolute Gasteiger partial charge is 0.119 e. The van der Waals surface area contributed by atoms with Crippen LogP contribution < -0.4 is 0 Å². The summed E-state index contributed by atoms with van der Waals surface area (Å²) in [5, 5.41) is 30.0. The van der Waals surface area contributed by atoms with Crippen LogP contribution in [0, 0.1) is 5.41 Å². The molecular formula is C14H26O4. The predicted octanol–water partition coefficient (Wildman–Crippen LogP) is 1.24. The minimum atomic E-state index is -1.19. The third-order valence-electron chi connectivity index (χ3n) is 4.12. The van der Waals surface area contributed by atoms with Crippen LogP contribution in [0.5, 0.6) is 0 Å². The van der Waals surface area contributed by atoms with Gasteiger partial charge in [-0.3, -0.25) is 0 Å². The lowest BCUT2D eigenvalue weighted by Crippen LogP contribution is -2.66. The molecule has 0 aliphatic heterocycles. The lowest BCUT2D eigenvalue weighted by atomic mass is 9.57. The van der Waals surface area contributed by atoms with Crippen molar-refractivity contribution < 1.29 is 20.1 Å². The fourth-order valence-electron chi connectivity index (χ4n) is 3.40. The van der Waals surface area contributed by atoms with Crippen LogP contribution in [0.25, 0.3) is 0 Å². The maximum absolute atomic E-state index is 10.7. The van der Waals surface area contributed by atoms with Gasteiger partial charge in [0.2, 0.25) is 0 Å². The molecule has 0 heterocycles. The molecule has 0 aromatic heterocycles. The number of aliphatic hydroxyl groups is 3. The zero-order chi connectivity index (χ0) is 14.2. The molecule has 1 fully saturated rings. The summed E-state index contributed by atoms with van der Waals surface area (Å²) in [7, 11) is 1.56. The Hall–Kier alpha value is -0.420. The van der Waals surface area contributed by atoms with Gasteiger partial charge in [-0.15, -0.1) is 0 Å². The van der Waals surface area contributed by atoms with Gasteiger partial charge in [0.05, 0.1) is 17.8 Å². The van der Waals surface area contributed by atoms with Gasteiger partial charge in [-0.1, -0.05) is 26.0 Å². The van der Waals surface area contributed by atoms with Gasteiger partial charge in [-0.05, 0) is 20.3 Å². The van der Waals surface area contributed by atoms with E-state index in [0.29, 0.717) is 6.42 Å². The molecule has 4 nitrogen and oxygen atoms in total. The molecule has 0 aromatic carbocycles. The first-order chi connectivity index (χ1) is 8.08. The summed E-state index contributed by atoms with van der Waals surface area (Å²) < 4.78 is 5.65. The molecule has 0 amide bonds. The van der Waals surface area contributed by atoms with Crippen molar-refractivity contribution >= 4 is 0 Å². The van der Waals surface area contributed by atoms with E-state index in [4.69, 9.17) is 4.74 Å². The predicted molar refractivity (Wildman–Crippen MR) is 70.2 cm³/mol. The lowest BCUT2D eigenvalue weighted by molar-refractivity contribution is -0.230. The summed E-state index contributed by atoms with van der Waals surface area (Å²) in [6.07, 6.45) is 3.02. The van der Waals surface area contributed by atoms with Gasteiger partial charge in [-0.2, -0.15) is 0 Å². The van der Waals surface area contributed by atoms with Crippen LogP contribution in [0.15, 0.2) is 12.2 Å². The van der Waals surface area contributed by atoms with Crippen molar-refractivity contribution in [2.45, 2.75) is 63.9 Å². The van der Waals surface area contributed by atoms with Crippen molar-refractivity contribution in [2.75, 3.05) is 7.11 Å². The van der Waals surface area contributed by atoms with Gasteiger partial charge in [0, 0.05) is 18.9 Å². The molecule has 1 aliphatic rings. The molecule has 18 heavy (non-hydrogen) atoms. The van der Waals surface area contributed by atoms with E-state index in [1.54, 1.807) is 33.1 Å². The summed E-state index contributed by atoms with van der Waals surface area (Å²) in [5.74, 6) is 0. The third kappa shape index (κ3) is 2.48. The minimum absolute atomic E-state index is 0.258. The number of rotatable bonds is 3. The maximum Gasteiger partial charge on any atom is 0.119 e. The van der Waals surface area contributed by atoms with Gasteiger partial charge in [0.15, 0.2) is 0 Å². The summed E-state index contributed by atoms with van der Waals surface area (Å²) in [6, 6.07) is 0. The van der Waals surface area contributed by atoms with Crippen LogP contribution in [-0.2, 0) is 4.74 Å². The number of ether oxygens (including phenoxy) is 1. The van der Waals surface area contributed by atoms with Crippen LogP contribution in [0.4, 0.5) is 0 Å². The third-order valence-corrected chi connectivity index (χ3v) is 4.12. The molecule has 0 radical (unpaired) electrons. The van der Waals surface area contributed by atoms with Crippen LogP contribution in [0.2, 0.25) is 0 Å². The Kier molecular flexibility index (Phi) is 4.28. The Morgan fingerprint density at radius 3 is 2.22 bits per heavy atom. The molecule has 4 atom stereocenters. The van der Waals surface area contributed by atoms with Crippen molar-refractivity contribution in [1.29, 1.82) is 0 Å². The molecule has 4 heteroatoms. The first kappa shape index (κ1) is 15.6. The average Bonchev–Trinajstić information content (AvgIpc) is 2.13. The lowest BCUT2D eigenvalue weighted by Gasteiger charge is -2.57. The van der Waals surface area contributed by atoms with Crippen LogP contribution in [0.1, 0.15) is 40.5 Å². The molecule has 4 unspecified atom stereocenters. The second-order valence-electron chi connectivity index (χ2n) is 6.26. The topological polar surface area (TPSA) is 69.9 Å². The van der Waals surface area contributed by atoms with Crippen molar-refractivity contribution in [1.82, 2.24) is 0 Å². The Morgan fingerprint density at radius 1 is 1.28 bits per heavy atom. The molecule has 0 saturated heterocycles. The molecule has 1 rings (SSSR count). The Balaban J connectivity index is 3.26. The number of methoxy groups -OCH3 is 1. The van der Waals surface area contributed by atoms with E-state index in [2.05, 4.69) is 0 Å². The SMILES string of the molecule is COC1(C=CC(C)O)C(C)(C)CC(O)CC1(C)O. The molecule has 106 valence electrons. The first-order valence-electron chi connectivity index (χ1n) is 6.41. The Labute approximate surface area is 109 Å². The zero-order valence-electron chi connectivity index (χ0n) is 12.0. The zero-order valence-corrected chi connectivity index (χ0v) is 12.0. The van der Waals surface area contributed by atoms with Gasteiger partial charge in [-0.25, -0.2) is 0 Å². The van der Waals surface area contributed by atoms with Crippen molar-refractivity contribution in [3.8, 4) is 0 Å². The van der Waals surface area contributed by atoms with E-state index in [1.807, 2.05) is 13.8 Å². The molecule has 1 aliphatic carbocycles. The molecule has 3 N–H and O–H groups in total. The Morgan fingerprint density at radius 2 is 1.83 bits per heavy atom. The fourth-order valence-corrected chi connectivity index (χ4v) is 3.40. The first-order valence-corrected chi connectivity index (χ1v) is 6.41. The highest BCUT2D eigenvalue weighted by Gasteiger charge is 2.60. The van der Waals surface area contributed by atoms with E-state index in [1.165, 1.54) is 0 Å². The van der Waals surface area contributed by atoms with E-state index >= 15 is 0 Å². The molecule has 0 spiro atoms. The van der Waals surface area contributed by atoms with Crippen LogP contribution in [0.3, 0.4) is 0 Å². The van der Waals surface area contributed by atoms with Gasteiger partial charge < -0.3 is 20.1 Å². The van der Waals surface area contributed by atoms with Gasteiger partial charge in [0.1, 0.15) is 5.60 Å². The van der Waals surface area contributed by atoms with Crippen LogP contribution >= 0.6 is 0 Å². The number of hydrogen-bond acceptors (Lipinski definition) is 4. The quantitative estimate of drug-likeness (QED) is 0.666. The monoisotopic (exact) mass is 258 g/mol. The largest absolute Gasteiger partial charge is 0.393 e. The molecule has 1 saturated carbocycles. The number of hydrogen-bond donors (Lipinski definition) is 3. The van der Waals surface area contributed by atoms with Crippen molar-refractivity contribution in [3.63, 3.8) is 0 Å². The van der Waals surface area contributed by atoms with Gasteiger partial charge in [0.25, 0.3) is 0 Å². The highest BCUT2D eigenvalue weighted by Crippen LogP contribution is 2.52. The highest BCUT2D eigenvalue weighted by molar-refractivity contribution is 5.22. The Bertz CT molecular complexity index is 300. The normalized spacial score (nSPS) is 42.1. The standard InChI is InChI=1S/C14H26O4/c1-10(15)6-7-14(18-5)12(2,3)8-11(16)9-13(14,4)17/h6-7,10-11,15-17H,8-9H2,1-5H3. The second kappa shape index (κ2) is 4.93. The van der Waals surface area contributed by atoms with Crippen molar-refractivity contribution in [2.24, 2.45) is 5.41 Å². The number of aliphatic hydroxyl groups excluding tert-OH is 2. The van der Waals surface area contributed by atoms with Crippen molar-refractivity contribution in [3.05, 3.63) is 12.2 Å². The van der Waals surface area contributed by atoms with E-state index in [-0.39, 0.29) is 6.42 Å². The maximum atomic E-state index is 10.7. The molecule has 0 bridgehead atoms. The summed E-state index contributed by atoms with van der Waals surface area (Å²) in [5.41, 5.74) is -2.54. The van der Waals surface area contributed by atoms with Crippen LogP contribution in [-0.4, -0.2) is 45.8 Å². The van der Waals surface area contributed by atoms with E-state index in [0.717, 1.165) is 0 Å². The summed E-state index contributed by atoms with van der Waals surface area (Å²) >= 11 is 0. The fraction of sp³-hybridized carbons (Fsp3) is 0.857.